The van der Waals surface area contributed by atoms with E-state index in [1.54, 1.807) is 0 Å². The Balaban J connectivity index is 2.78. The molecule has 0 spiro atoms. The number of nitrogens with zero attached hydrogens (tertiary/aromatic N) is 2. The van der Waals surface area contributed by atoms with Crippen LogP contribution in [0.2, 0.25) is 0 Å². The van der Waals surface area contributed by atoms with Crippen molar-refractivity contribution in [3.63, 3.8) is 0 Å². The van der Waals surface area contributed by atoms with E-state index in [4.69, 9.17) is 0 Å². The first-order valence-electron chi connectivity index (χ1n) is 5.25. The molecule has 10 nitrogen and oxygen atoms in total. The van der Waals surface area contributed by atoms with Crippen LogP contribution in [0.25, 0.3) is 0 Å². The van der Waals surface area contributed by atoms with Gasteiger partial charge in [0.05, 0.1) is 10.5 Å². The number of phenols is 1. The van der Waals surface area contributed by atoms with E-state index in [-0.39, 0.29) is 17.7 Å². The molecule has 0 bridgehead atoms. The van der Waals surface area contributed by atoms with Crippen molar-refractivity contribution in [3.8, 4) is 5.75 Å². The molecule has 0 saturated heterocycles. The SMILES string of the molecule is Cc1cc(C(=O)OCCO[N+](=O)[O-])cc([N+](=O)[O-])c1O. The highest BCUT2D eigenvalue weighted by Crippen LogP contribution is 2.30. The molecule has 0 unspecified atom stereocenters. The Labute approximate surface area is 111 Å². The number of nitro groups is 1. The normalized spacial score (nSPS) is 9.85. The average Bonchev–Trinajstić information content (AvgIpc) is 2.36. The van der Waals surface area contributed by atoms with E-state index in [9.17, 15) is 30.1 Å². The summed E-state index contributed by atoms with van der Waals surface area (Å²) < 4.78 is 4.64. The van der Waals surface area contributed by atoms with Crippen LogP contribution in [0.4, 0.5) is 5.69 Å². The molecule has 0 aromatic heterocycles. The van der Waals surface area contributed by atoms with E-state index in [1.165, 1.54) is 13.0 Å². The molecule has 0 aliphatic rings. The van der Waals surface area contributed by atoms with Gasteiger partial charge in [-0.15, -0.1) is 10.1 Å². The molecule has 0 aliphatic carbocycles. The Morgan fingerprint density at radius 3 is 2.50 bits per heavy atom. The predicted octanol–water partition coefficient (Wildman–Crippen LogP) is 0.974. The first-order valence-corrected chi connectivity index (χ1v) is 5.25. The summed E-state index contributed by atoms with van der Waals surface area (Å²) in [4.78, 5) is 35.2. The number of nitro benzene ring substituents is 1. The standard InChI is InChI=1S/C10H10N2O8/c1-6-4-7(5-8(9(6)13)11(15)16)10(14)19-2-3-20-12(17)18/h4-5,13H,2-3H2,1H3. The van der Waals surface area contributed by atoms with Crippen LogP contribution in [0.5, 0.6) is 5.75 Å². The molecule has 0 aliphatic heterocycles. The summed E-state index contributed by atoms with van der Waals surface area (Å²) in [5.74, 6) is -1.45. The van der Waals surface area contributed by atoms with E-state index in [2.05, 4.69) is 9.57 Å². The van der Waals surface area contributed by atoms with Crippen LogP contribution in [0, 0.1) is 27.2 Å². The second-order valence-electron chi connectivity index (χ2n) is 3.61. The summed E-state index contributed by atoms with van der Waals surface area (Å²) in [6, 6.07) is 2.07. The van der Waals surface area contributed by atoms with E-state index in [0.717, 1.165) is 6.07 Å². The highest BCUT2D eigenvalue weighted by Gasteiger charge is 2.20. The van der Waals surface area contributed by atoms with Crippen molar-refractivity contribution in [3.05, 3.63) is 43.5 Å². The number of rotatable bonds is 6. The van der Waals surface area contributed by atoms with Crippen LogP contribution in [0.1, 0.15) is 15.9 Å². The summed E-state index contributed by atoms with van der Waals surface area (Å²) in [5.41, 5.74) is -0.640. The lowest BCUT2D eigenvalue weighted by atomic mass is 10.1. The van der Waals surface area contributed by atoms with Crippen molar-refractivity contribution < 1.29 is 29.5 Å². The van der Waals surface area contributed by atoms with Gasteiger partial charge in [0, 0.05) is 6.07 Å². The zero-order valence-corrected chi connectivity index (χ0v) is 10.3. The Hall–Kier alpha value is -2.91. The van der Waals surface area contributed by atoms with Crippen molar-refractivity contribution in [2.45, 2.75) is 6.92 Å². The molecule has 10 heteroatoms. The first kappa shape index (κ1) is 15.1. The minimum atomic E-state index is -1.04. The summed E-state index contributed by atoms with van der Waals surface area (Å²) >= 11 is 0. The third-order valence-corrected chi connectivity index (χ3v) is 2.23. The lowest BCUT2D eigenvalue weighted by Gasteiger charge is -2.06. The number of benzene rings is 1. The topological polar surface area (TPSA) is 142 Å². The summed E-state index contributed by atoms with van der Waals surface area (Å²) in [5, 5.41) is 29.0. The molecule has 1 N–H and O–H groups in total. The molecule has 1 aromatic carbocycles. The molecule has 0 saturated carbocycles. The molecular weight excluding hydrogens is 276 g/mol. The molecule has 1 rings (SSSR count). The highest BCUT2D eigenvalue weighted by molar-refractivity contribution is 5.91. The fourth-order valence-electron chi connectivity index (χ4n) is 1.35. The number of hydrogen-bond donors (Lipinski definition) is 1. The summed E-state index contributed by atoms with van der Waals surface area (Å²) in [6.45, 7) is 0.556. The van der Waals surface area contributed by atoms with Crippen LogP contribution in [-0.4, -0.2) is 34.3 Å². The van der Waals surface area contributed by atoms with Crippen molar-refractivity contribution in [2.24, 2.45) is 0 Å². The number of hydrogen-bond acceptors (Lipinski definition) is 8. The van der Waals surface area contributed by atoms with Gasteiger partial charge in [-0.3, -0.25) is 10.1 Å². The summed E-state index contributed by atoms with van der Waals surface area (Å²) in [7, 11) is 0. The minimum Gasteiger partial charge on any atom is -0.502 e. The molecule has 20 heavy (non-hydrogen) atoms. The molecule has 1 aromatic rings. The van der Waals surface area contributed by atoms with Gasteiger partial charge in [-0.1, -0.05) is 0 Å². The second kappa shape index (κ2) is 6.31. The predicted molar refractivity (Wildman–Crippen MR) is 62.7 cm³/mol. The fourth-order valence-corrected chi connectivity index (χ4v) is 1.35. The molecule has 0 radical (unpaired) electrons. The van der Waals surface area contributed by atoms with Gasteiger partial charge in [-0.25, -0.2) is 4.79 Å². The molecule has 0 fully saturated rings. The number of aryl methyl sites for hydroxylation is 1. The maximum atomic E-state index is 11.6. The van der Waals surface area contributed by atoms with Gasteiger partial charge in [0.2, 0.25) is 0 Å². The molecule has 0 amide bonds. The number of aromatic hydroxyl groups is 1. The van der Waals surface area contributed by atoms with Gasteiger partial charge in [0.1, 0.15) is 13.2 Å². The Kier molecular flexibility index (Phi) is 4.78. The van der Waals surface area contributed by atoms with E-state index in [0.29, 0.717) is 0 Å². The van der Waals surface area contributed by atoms with Crippen molar-refractivity contribution in [1.29, 1.82) is 0 Å². The maximum Gasteiger partial charge on any atom is 0.338 e. The van der Waals surface area contributed by atoms with Crippen LogP contribution < -0.4 is 0 Å². The van der Waals surface area contributed by atoms with Crippen LogP contribution >= 0.6 is 0 Å². The zero-order valence-electron chi connectivity index (χ0n) is 10.3. The third-order valence-electron chi connectivity index (χ3n) is 2.23. The van der Waals surface area contributed by atoms with E-state index in [1.807, 2.05) is 0 Å². The maximum absolute atomic E-state index is 11.6. The number of ether oxygens (including phenoxy) is 1. The number of carbonyl (C=O) groups is 1. The van der Waals surface area contributed by atoms with Crippen molar-refractivity contribution in [2.75, 3.05) is 13.2 Å². The van der Waals surface area contributed by atoms with E-state index >= 15 is 0 Å². The zero-order chi connectivity index (χ0) is 15.3. The minimum absolute atomic E-state index is 0.132. The van der Waals surface area contributed by atoms with Crippen LogP contribution in [-0.2, 0) is 9.57 Å². The van der Waals surface area contributed by atoms with Crippen LogP contribution in [0.3, 0.4) is 0 Å². The molecule has 0 heterocycles. The molecule has 108 valence electrons. The lowest BCUT2D eigenvalue weighted by Crippen LogP contribution is -2.13. The lowest BCUT2D eigenvalue weighted by molar-refractivity contribution is -0.757. The fraction of sp³-hybridized carbons (Fsp3) is 0.300. The number of phenolic OH excluding ortho intramolecular Hbond substituents is 1. The van der Waals surface area contributed by atoms with Gasteiger partial charge in [-0.2, -0.15) is 0 Å². The van der Waals surface area contributed by atoms with Crippen LogP contribution in [0.15, 0.2) is 12.1 Å². The van der Waals surface area contributed by atoms with Crippen molar-refractivity contribution >= 4 is 11.7 Å². The van der Waals surface area contributed by atoms with Gasteiger partial charge >= 0.3 is 11.7 Å². The Morgan fingerprint density at radius 2 is 1.95 bits per heavy atom. The molecular formula is C10H10N2O8. The number of esters is 1. The molecule has 0 atom stereocenters. The van der Waals surface area contributed by atoms with Gasteiger partial charge < -0.3 is 14.7 Å². The Bertz CT molecular complexity index is 556. The monoisotopic (exact) mass is 286 g/mol. The van der Waals surface area contributed by atoms with Crippen molar-refractivity contribution in [1.82, 2.24) is 0 Å². The number of carbonyl (C=O) groups excluding carboxylic acids is 1. The quantitative estimate of drug-likeness (QED) is 0.352. The second-order valence-corrected chi connectivity index (χ2v) is 3.61. The third kappa shape index (κ3) is 3.80. The highest BCUT2D eigenvalue weighted by atomic mass is 17.0. The Morgan fingerprint density at radius 1 is 1.30 bits per heavy atom. The first-order chi connectivity index (χ1) is 9.32. The average molecular weight is 286 g/mol. The van der Waals surface area contributed by atoms with Gasteiger partial charge in [0.15, 0.2) is 5.75 Å². The van der Waals surface area contributed by atoms with E-state index < -0.39 is 34.0 Å². The van der Waals surface area contributed by atoms with Gasteiger partial charge in [-0.05, 0) is 18.6 Å². The largest absolute Gasteiger partial charge is 0.502 e. The summed E-state index contributed by atoms with van der Waals surface area (Å²) in [6.07, 6.45) is 0. The van der Waals surface area contributed by atoms with Gasteiger partial charge in [0.25, 0.3) is 5.09 Å². The smallest absolute Gasteiger partial charge is 0.338 e.